The quantitative estimate of drug-likeness (QED) is 0.775. The second kappa shape index (κ2) is 7.04. The lowest BCUT2D eigenvalue weighted by Gasteiger charge is -2.37. The summed E-state index contributed by atoms with van der Waals surface area (Å²) < 4.78 is 0. The van der Waals surface area contributed by atoms with Crippen LogP contribution in [0, 0.1) is 0 Å². The van der Waals surface area contributed by atoms with Crippen LogP contribution in [0.25, 0.3) is 0 Å². The molecule has 0 spiro atoms. The number of rotatable bonds is 5. The molecule has 0 aromatic carbocycles. The molecule has 1 amide bonds. The minimum absolute atomic E-state index is 0.223. The molecule has 2 aliphatic heterocycles. The maximum atomic E-state index is 12.1. The highest BCUT2D eigenvalue weighted by molar-refractivity contribution is 5.78. The zero-order valence-corrected chi connectivity index (χ0v) is 12.3. The molecule has 6 heteroatoms. The van der Waals surface area contributed by atoms with E-state index in [4.69, 9.17) is 5.11 Å². The number of carbonyl (C=O) groups excluding carboxylic acids is 1. The summed E-state index contributed by atoms with van der Waals surface area (Å²) in [4.78, 5) is 29.3. The topological polar surface area (TPSA) is 64.1 Å². The van der Waals surface area contributed by atoms with Crippen LogP contribution in [0.2, 0.25) is 0 Å². The average molecular weight is 283 g/mol. The summed E-state index contributed by atoms with van der Waals surface area (Å²) in [5.41, 5.74) is 0. The number of likely N-dealkylation sites (tertiary alicyclic amines) is 1. The third-order valence-electron chi connectivity index (χ3n) is 4.34. The summed E-state index contributed by atoms with van der Waals surface area (Å²) in [6.45, 7) is 7.22. The summed E-state index contributed by atoms with van der Waals surface area (Å²) in [7, 11) is 0. The Morgan fingerprint density at radius 3 is 2.15 bits per heavy atom. The van der Waals surface area contributed by atoms with Gasteiger partial charge in [0.15, 0.2) is 0 Å². The lowest BCUT2D eigenvalue weighted by Crippen LogP contribution is -2.54. The highest BCUT2D eigenvalue weighted by Crippen LogP contribution is 2.12. The molecule has 0 saturated carbocycles. The summed E-state index contributed by atoms with van der Waals surface area (Å²) in [5, 5.41) is 9.16. The van der Waals surface area contributed by atoms with E-state index in [1.165, 1.54) is 0 Å². The molecule has 1 N–H and O–H groups in total. The fourth-order valence-corrected chi connectivity index (χ4v) is 3.08. The molecule has 1 atom stereocenters. The van der Waals surface area contributed by atoms with Crippen LogP contribution in [-0.2, 0) is 9.59 Å². The Labute approximate surface area is 120 Å². The van der Waals surface area contributed by atoms with E-state index in [-0.39, 0.29) is 11.9 Å². The van der Waals surface area contributed by atoms with Crippen molar-refractivity contribution in [2.45, 2.75) is 32.2 Å². The first-order valence-corrected chi connectivity index (χ1v) is 7.58. The zero-order valence-electron chi connectivity index (χ0n) is 12.3. The van der Waals surface area contributed by atoms with Crippen molar-refractivity contribution in [3.8, 4) is 0 Å². The summed E-state index contributed by atoms with van der Waals surface area (Å²) in [5.74, 6) is -0.518. The molecule has 0 radical (unpaired) electrons. The number of amides is 1. The SMILES string of the molecule is CCC(C(=O)O)N1CCN(CC(=O)N2CCCC2)CC1. The van der Waals surface area contributed by atoms with Gasteiger partial charge in [-0.05, 0) is 19.3 Å². The number of aliphatic carboxylic acids is 1. The number of carboxylic acids is 1. The van der Waals surface area contributed by atoms with E-state index >= 15 is 0 Å². The number of hydrogen-bond donors (Lipinski definition) is 1. The van der Waals surface area contributed by atoms with Crippen LogP contribution in [0.15, 0.2) is 0 Å². The lowest BCUT2D eigenvalue weighted by molar-refractivity contribution is -0.144. The highest BCUT2D eigenvalue weighted by Gasteiger charge is 2.28. The minimum Gasteiger partial charge on any atom is -0.480 e. The summed E-state index contributed by atoms with van der Waals surface area (Å²) >= 11 is 0. The van der Waals surface area contributed by atoms with Gasteiger partial charge in [0.1, 0.15) is 6.04 Å². The molecule has 2 rings (SSSR count). The minimum atomic E-state index is -0.742. The van der Waals surface area contributed by atoms with Crippen LogP contribution < -0.4 is 0 Å². The Hall–Kier alpha value is -1.14. The van der Waals surface area contributed by atoms with E-state index in [1.807, 2.05) is 16.7 Å². The van der Waals surface area contributed by atoms with Crippen LogP contribution in [0.1, 0.15) is 26.2 Å². The maximum Gasteiger partial charge on any atom is 0.320 e. The summed E-state index contributed by atoms with van der Waals surface area (Å²) in [6, 6.07) is -0.383. The van der Waals surface area contributed by atoms with Gasteiger partial charge >= 0.3 is 5.97 Å². The third kappa shape index (κ3) is 3.70. The van der Waals surface area contributed by atoms with Crippen molar-refractivity contribution in [3.63, 3.8) is 0 Å². The Morgan fingerprint density at radius 2 is 1.65 bits per heavy atom. The normalized spacial score (nSPS) is 22.9. The first-order valence-electron chi connectivity index (χ1n) is 7.58. The van der Waals surface area contributed by atoms with Gasteiger partial charge in [0.2, 0.25) is 5.91 Å². The zero-order chi connectivity index (χ0) is 14.5. The molecule has 1 unspecified atom stereocenters. The number of carbonyl (C=O) groups is 2. The standard InChI is InChI=1S/C14H25N3O3/c1-2-12(14(19)20)16-9-7-15(8-10-16)11-13(18)17-5-3-4-6-17/h12H,2-11H2,1H3,(H,19,20). The molecule has 2 aliphatic rings. The number of nitrogens with zero attached hydrogens (tertiary/aromatic N) is 3. The van der Waals surface area contributed by atoms with Gasteiger partial charge in [-0.2, -0.15) is 0 Å². The number of hydrogen-bond acceptors (Lipinski definition) is 4. The fraction of sp³-hybridized carbons (Fsp3) is 0.857. The van der Waals surface area contributed by atoms with Crippen molar-refractivity contribution in [2.75, 3.05) is 45.8 Å². The molecule has 2 saturated heterocycles. The molecule has 0 aromatic heterocycles. The Morgan fingerprint density at radius 1 is 1.05 bits per heavy atom. The molecule has 114 valence electrons. The second-order valence-electron chi connectivity index (χ2n) is 5.66. The van der Waals surface area contributed by atoms with Gasteiger partial charge in [-0.3, -0.25) is 19.4 Å². The van der Waals surface area contributed by atoms with E-state index in [1.54, 1.807) is 0 Å². The molecule has 0 aliphatic carbocycles. The monoisotopic (exact) mass is 283 g/mol. The highest BCUT2D eigenvalue weighted by atomic mass is 16.4. The van der Waals surface area contributed by atoms with E-state index in [9.17, 15) is 9.59 Å². The molecule has 0 aromatic rings. The van der Waals surface area contributed by atoms with E-state index in [0.29, 0.717) is 13.0 Å². The summed E-state index contributed by atoms with van der Waals surface area (Å²) in [6.07, 6.45) is 2.87. The van der Waals surface area contributed by atoms with Crippen LogP contribution in [0.4, 0.5) is 0 Å². The first kappa shape index (κ1) is 15.3. The van der Waals surface area contributed by atoms with Crippen molar-refractivity contribution in [1.82, 2.24) is 14.7 Å². The molecule has 2 fully saturated rings. The van der Waals surface area contributed by atoms with Crippen molar-refractivity contribution >= 4 is 11.9 Å². The molecule has 0 bridgehead atoms. The van der Waals surface area contributed by atoms with Crippen molar-refractivity contribution in [3.05, 3.63) is 0 Å². The van der Waals surface area contributed by atoms with E-state index in [2.05, 4.69) is 4.90 Å². The van der Waals surface area contributed by atoms with E-state index in [0.717, 1.165) is 52.1 Å². The second-order valence-corrected chi connectivity index (χ2v) is 5.66. The molecule has 20 heavy (non-hydrogen) atoms. The maximum absolute atomic E-state index is 12.1. The third-order valence-corrected chi connectivity index (χ3v) is 4.34. The van der Waals surface area contributed by atoms with E-state index < -0.39 is 5.97 Å². The van der Waals surface area contributed by atoms with Crippen molar-refractivity contribution < 1.29 is 14.7 Å². The van der Waals surface area contributed by atoms with Crippen LogP contribution >= 0.6 is 0 Å². The molecular weight excluding hydrogens is 258 g/mol. The number of carboxylic acid groups (broad SMARTS) is 1. The fourth-order valence-electron chi connectivity index (χ4n) is 3.08. The van der Waals surface area contributed by atoms with Crippen LogP contribution in [-0.4, -0.2) is 83.5 Å². The largest absolute Gasteiger partial charge is 0.480 e. The van der Waals surface area contributed by atoms with Gasteiger partial charge in [-0.1, -0.05) is 6.92 Å². The smallest absolute Gasteiger partial charge is 0.320 e. The van der Waals surface area contributed by atoms with Gasteiger partial charge in [0.25, 0.3) is 0 Å². The predicted octanol–water partition coefficient (Wildman–Crippen LogP) is 0.0896. The Balaban J connectivity index is 1.76. The Bertz CT molecular complexity index is 348. The predicted molar refractivity (Wildman–Crippen MR) is 75.5 cm³/mol. The number of piperazine rings is 1. The average Bonchev–Trinajstić information content (AvgIpc) is 2.95. The Kier molecular flexibility index (Phi) is 5.37. The van der Waals surface area contributed by atoms with Gasteiger partial charge in [0.05, 0.1) is 6.54 Å². The molecule has 6 nitrogen and oxygen atoms in total. The van der Waals surface area contributed by atoms with Gasteiger partial charge in [-0.15, -0.1) is 0 Å². The van der Waals surface area contributed by atoms with Gasteiger partial charge in [0, 0.05) is 39.3 Å². The van der Waals surface area contributed by atoms with Gasteiger partial charge in [-0.25, -0.2) is 0 Å². The van der Waals surface area contributed by atoms with Crippen molar-refractivity contribution in [1.29, 1.82) is 0 Å². The molecule has 2 heterocycles. The lowest BCUT2D eigenvalue weighted by atomic mass is 10.1. The van der Waals surface area contributed by atoms with Crippen LogP contribution in [0.5, 0.6) is 0 Å². The van der Waals surface area contributed by atoms with Gasteiger partial charge < -0.3 is 10.0 Å². The van der Waals surface area contributed by atoms with Crippen LogP contribution in [0.3, 0.4) is 0 Å². The first-order chi connectivity index (χ1) is 9.61. The van der Waals surface area contributed by atoms with Crippen molar-refractivity contribution in [2.24, 2.45) is 0 Å². The molecular formula is C14H25N3O3.